The molecule has 8 heavy (non-hydrogen) atoms. The molecule has 1 nitrogen and oxygen atoms in total. The lowest BCUT2D eigenvalue weighted by Crippen LogP contribution is -1.93. The van der Waals surface area contributed by atoms with Gasteiger partial charge in [-0.3, -0.25) is 4.79 Å². The molecule has 0 aliphatic carbocycles. The molecule has 0 N–H and O–H groups in total. The average Bonchev–Trinajstić information content (AvgIpc) is 1.69. The van der Waals surface area contributed by atoms with E-state index in [2.05, 4.69) is 0 Å². The fraction of sp³-hybridized carbons (Fsp3) is 0.571. The molecule has 0 spiro atoms. The standard InChI is InChI=1S/C7H11O/c1-4-7(5-8)6(2)3/h4,6H,1-3H3. The van der Waals surface area contributed by atoms with Crippen molar-refractivity contribution in [3.05, 3.63) is 11.6 Å². The smallest absolute Gasteiger partial charge is 0.229 e. The van der Waals surface area contributed by atoms with Gasteiger partial charge in [0.1, 0.15) is 0 Å². The normalized spacial score (nSPS) is 12.2. The summed E-state index contributed by atoms with van der Waals surface area (Å²) in [5.74, 6) is 0.317. The van der Waals surface area contributed by atoms with Gasteiger partial charge in [-0.05, 0) is 12.8 Å². The van der Waals surface area contributed by atoms with Gasteiger partial charge in [0.05, 0.1) is 0 Å². The van der Waals surface area contributed by atoms with Crippen LogP contribution in [0.4, 0.5) is 0 Å². The molecule has 1 radical (unpaired) electrons. The first-order chi connectivity index (χ1) is 3.72. The van der Waals surface area contributed by atoms with Crippen LogP contribution in [0.3, 0.4) is 0 Å². The Hall–Kier alpha value is -0.590. The Kier molecular flexibility index (Phi) is 3.16. The van der Waals surface area contributed by atoms with Crippen LogP contribution in [0.25, 0.3) is 0 Å². The molecule has 0 saturated carbocycles. The van der Waals surface area contributed by atoms with E-state index in [4.69, 9.17) is 0 Å². The van der Waals surface area contributed by atoms with Crippen molar-refractivity contribution in [2.45, 2.75) is 20.8 Å². The highest BCUT2D eigenvalue weighted by atomic mass is 16.1. The number of carbonyl (C=O) groups excluding carboxylic acids is 1. The van der Waals surface area contributed by atoms with E-state index < -0.39 is 0 Å². The summed E-state index contributed by atoms with van der Waals surface area (Å²) in [5, 5.41) is 0. The van der Waals surface area contributed by atoms with E-state index >= 15 is 0 Å². The maximum atomic E-state index is 9.98. The van der Waals surface area contributed by atoms with Crippen molar-refractivity contribution in [2.24, 2.45) is 5.92 Å². The van der Waals surface area contributed by atoms with Gasteiger partial charge in [0.2, 0.25) is 6.29 Å². The van der Waals surface area contributed by atoms with Crippen molar-refractivity contribution in [2.75, 3.05) is 0 Å². The molecule has 0 fully saturated rings. The molecule has 0 amide bonds. The Morgan fingerprint density at radius 3 is 2.12 bits per heavy atom. The van der Waals surface area contributed by atoms with Crippen molar-refractivity contribution in [3.63, 3.8) is 0 Å². The summed E-state index contributed by atoms with van der Waals surface area (Å²) in [5.41, 5.74) is 0.755. The third-order valence-corrected chi connectivity index (χ3v) is 1.05. The van der Waals surface area contributed by atoms with Gasteiger partial charge in [0.25, 0.3) is 0 Å². The van der Waals surface area contributed by atoms with Crippen LogP contribution >= 0.6 is 0 Å². The Bertz CT molecular complexity index is 101. The maximum absolute atomic E-state index is 9.98. The van der Waals surface area contributed by atoms with Crippen LogP contribution in [0.1, 0.15) is 20.8 Å². The number of hydrogen-bond acceptors (Lipinski definition) is 1. The SMILES string of the molecule is CC=C([C]=O)C(C)C. The predicted molar refractivity (Wildman–Crippen MR) is 34.3 cm³/mol. The second-order valence-electron chi connectivity index (χ2n) is 2.00. The fourth-order valence-electron chi connectivity index (χ4n) is 0.510. The first kappa shape index (κ1) is 7.41. The Morgan fingerprint density at radius 1 is 1.62 bits per heavy atom. The van der Waals surface area contributed by atoms with Gasteiger partial charge < -0.3 is 0 Å². The molecule has 0 aromatic carbocycles. The molecule has 0 aromatic rings. The number of hydrogen-bond donors (Lipinski definition) is 0. The first-order valence-electron chi connectivity index (χ1n) is 2.76. The number of rotatable bonds is 2. The summed E-state index contributed by atoms with van der Waals surface area (Å²) >= 11 is 0. The highest BCUT2D eigenvalue weighted by Gasteiger charge is 1.98. The van der Waals surface area contributed by atoms with Crippen LogP contribution in [0, 0.1) is 5.92 Å². The lowest BCUT2D eigenvalue weighted by atomic mass is 10.1. The lowest BCUT2D eigenvalue weighted by Gasteiger charge is -1.98. The van der Waals surface area contributed by atoms with E-state index in [1.165, 1.54) is 0 Å². The van der Waals surface area contributed by atoms with Crippen LogP contribution < -0.4 is 0 Å². The highest BCUT2D eigenvalue weighted by Crippen LogP contribution is 2.04. The van der Waals surface area contributed by atoms with Gasteiger partial charge >= 0.3 is 0 Å². The van der Waals surface area contributed by atoms with Crippen LogP contribution in [0.2, 0.25) is 0 Å². The van der Waals surface area contributed by atoms with Gasteiger partial charge in [0, 0.05) is 5.57 Å². The molecule has 1 heteroatoms. The zero-order valence-corrected chi connectivity index (χ0v) is 5.56. The van der Waals surface area contributed by atoms with E-state index in [9.17, 15) is 4.79 Å². The molecular formula is C7H11O. The van der Waals surface area contributed by atoms with Gasteiger partial charge in [-0.2, -0.15) is 0 Å². The average molecular weight is 111 g/mol. The third-order valence-electron chi connectivity index (χ3n) is 1.05. The van der Waals surface area contributed by atoms with Crippen molar-refractivity contribution >= 4 is 6.29 Å². The van der Waals surface area contributed by atoms with Crippen LogP contribution in [0.5, 0.6) is 0 Å². The summed E-state index contributed by atoms with van der Waals surface area (Å²) in [6, 6.07) is 0. The van der Waals surface area contributed by atoms with E-state index in [-0.39, 0.29) is 0 Å². The molecule has 45 valence electrons. The summed E-state index contributed by atoms with van der Waals surface area (Å²) < 4.78 is 0. The lowest BCUT2D eigenvalue weighted by molar-refractivity contribution is 0.556. The third kappa shape index (κ3) is 1.92. The molecule has 0 saturated heterocycles. The maximum Gasteiger partial charge on any atom is 0.229 e. The summed E-state index contributed by atoms with van der Waals surface area (Å²) in [6.07, 6.45) is 3.65. The molecule has 0 unspecified atom stereocenters. The van der Waals surface area contributed by atoms with Gasteiger partial charge in [-0.15, -0.1) is 0 Å². The molecule has 0 bridgehead atoms. The molecule has 0 aliphatic heterocycles. The number of allylic oxidation sites excluding steroid dienone is 2. The summed E-state index contributed by atoms with van der Waals surface area (Å²) in [7, 11) is 0. The van der Waals surface area contributed by atoms with Crippen LogP contribution in [0.15, 0.2) is 11.6 Å². The minimum Gasteiger partial charge on any atom is -0.285 e. The van der Waals surface area contributed by atoms with Crippen LogP contribution in [-0.4, -0.2) is 6.29 Å². The minimum absolute atomic E-state index is 0.317. The second kappa shape index (κ2) is 3.42. The zero-order valence-electron chi connectivity index (χ0n) is 5.56. The monoisotopic (exact) mass is 111 g/mol. The largest absolute Gasteiger partial charge is 0.285 e. The molecule has 0 aromatic heterocycles. The Labute approximate surface area is 50.4 Å². The first-order valence-corrected chi connectivity index (χ1v) is 2.76. The van der Waals surface area contributed by atoms with E-state index in [1.807, 2.05) is 27.1 Å². The Morgan fingerprint density at radius 2 is 2.12 bits per heavy atom. The molecular weight excluding hydrogens is 100 g/mol. The van der Waals surface area contributed by atoms with E-state index in [1.54, 1.807) is 6.08 Å². The molecule has 0 atom stereocenters. The zero-order chi connectivity index (χ0) is 6.57. The quantitative estimate of drug-likeness (QED) is 0.496. The Balaban J connectivity index is 3.91. The van der Waals surface area contributed by atoms with E-state index in [0.717, 1.165) is 5.57 Å². The predicted octanol–water partition coefficient (Wildman–Crippen LogP) is 1.70. The second-order valence-corrected chi connectivity index (χ2v) is 2.00. The van der Waals surface area contributed by atoms with E-state index in [0.29, 0.717) is 5.92 Å². The fourth-order valence-corrected chi connectivity index (χ4v) is 0.510. The van der Waals surface area contributed by atoms with Gasteiger partial charge in [0.15, 0.2) is 0 Å². The van der Waals surface area contributed by atoms with Gasteiger partial charge in [-0.1, -0.05) is 19.9 Å². The van der Waals surface area contributed by atoms with Crippen molar-refractivity contribution < 1.29 is 4.79 Å². The van der Waals surface area contributed by atoms with Crippen molar-refractivity contribution in [3.8, 4) is 0 Å². The molecule has 0 rings (SSSR count). The summed E-state index contributed by atoms with van der Waals surface area (Å²) in [6.45, 7) is 5.79. The minimum atomic E-state index is 0.317. The topological polar surface area (TPSA) is 17.1 Å². The van der Waals surface area contributed by atoms with Crippen LogP contribution in [-0.2, 0) is 4.79 Å². The summed E-state index contributed by atoms with van der Waals surface area (Å²) in [4.78, 5) is 9.98. The molecule has 0 aliphatic rings. The van der Waals surface area contributed by atoms with Crippen molar-refractivity contribution in [1.82, 2.24) is 0 Å². The van der Waals surface area contributed by atoms with Crippen molar-refractivity contribution in [1.29, 1.82) is 0 Å². The molecule has 0 heterocycles. The highest BCUT2D eigenvalue weighted by molar-refractivity contribution is 5.74. The van der Waals surface area contributed by atoms with Gasteiger partial charge in [-0.25, -0.2) is 0 Å².